The van der Waals surface area contributed by atoms with Gasteiger partial charge in [0.15, 0.2) is 0 Å². The van der Waals surface area contributed by atoms with Crippen molar-refractivity contribution >= 4 is 12.2 Å². The Bertz CT molecular complexity index is 1030. The summed E-state index contributed by atoms with van der Waals surface area (Å²) in [7, 11) is 0. The summed E-state index contributed by atoms with van der Waals surface area (Å²) in [4.78, 5) is 0. The Morgan fingerprint density at radius 1 is 0.778 bits per heavy atom. The van der Waals surface area contributed by atoms with Crippen LogP contribution in [0.3, 0.4) is 0 Å². The van der Waals surface area contributed by atoms with Crippen LogP contribution in [0.2, 0.25) is 0 Å². The standard InChI is InChI=1S/C24H21N3/c1-19-12-15-22(16-13-19)24-23(17-14-20-8-4-2-5-9-20)27(26-25-24)18-21-10-6-3-7-11-21/h2-17H,18H2,1H3/b17-14+. The van der Waals surface area contributed by atoms with E-state index in [-0.39, 0.29) is 0 Å². The van der Waals surface area contributed by atoms with Crippen molar-refractivity contribution in [2.75, 3.05) is 0 Å². The third-order valence-corrected chi connectivity index (χ3v) is 4.51. The Hall–Kier alpha value is -3.46. The molecule has 27 heavy (non-hydrogen) atoms. The average Bonchev–Trinajstić information content (AvgIpc) is 3.11. The number of aromatic nitrogens is 3. The molecule has 0 saturated carbocycles. The Kier molecular flexibility index (Phi) is 4.93. The van der Waals surface area contributed by atoms with Crippen LogP contribution in [0.25, 0.3) is 23.4 Å². The summed E-state index contributed by atoms with van der Waals surface area (Å²) in [5, 5.41) is 8.92. The van der Waals surface area contributed by atoms with Gasteiger partial charge < -0.3 is 0 Å². The fourth-order valence-corrected chi connectivity index (χ4v) is 3.01. The van der Waals surface area contributed by atoms with Gasteiger partial charge in [-0.15, -0.1) is 5.10 Å². The number of benzene rings is 3. The molecule has 0 unspecified atom stereocenters. The lowest BCUT2D eigenvalue weighted by molar-refractivity contribution is 0.645. The number of aryl methyl sites for hydroxylation is 1. The summed E-state index contributed by atoms with van der Waals surface area (Å²) in [6.45, 7) is 2.78. The molecule has 0 bridgehead atoms. The Labute approximate surface area is 159 Å². The van der Waals surface area contributed by atoms with Crippen LogP contribution in [0.5, 0.6) is 0 Å². The molecule has 0 aliphatic rings. The maximum absolute atomic E-state index is 4.49. The van der Waals surface area contributed by atoms with E-state index in [0.29, 0.717) is 6.54 Å². The first-order chi connectivity index (χ1) is 13.3. The van der Waals surface area contributed by atoms with Gasteiger partial charge >= 0.3 is 0 Å². The van der Waals surface area contributed by atoms with Gasteiger partial charge in [-0.05, 0) is 24.1 Å². The van der Waals surface area contributed by atoms with E-state index in [1.54, 1.807) is 0 Å². The molecule has 4 aromatic rings. The van der Waals surface area contributed by atoms with E-state index in [2.05, 4.69) is 77.9 Å². The fourth-order valence-electron chi connectivity index (χ4n) is 3.01. The summed E-state index contributed by atoms with van der Waals surface area (Å²) < 4.78 is 1.96. The molecular formula is C24H21N3. The lowest BCUT2D eigenvalue weighted by Crippen LogP contribution is -2.04. The molecule has 3 nitrogen and oxygen atoms in total. The van der Waals surface area contributed by atoms with Crippen LogP contribution in [0.4, 0.5) is 0 Å². The number of hydrogen-bond acceptors (Lipinski definition) is 2. The number of hydrogen-bond donors (Lipinski definition) is 0. The van der Waals surface area contributed by atoms with Crippen LogP contribution in [-0.4, -0.2) is 15.0 Å². The minimum atomic E-state index is 0.689. The highest BCUT2D eigenvalue weighted by Gasteiger charge is 2.13. The van der Waals surface area contributed by atoms with Crippen LogP contribution in [0.1, 0.15) is 22.4 Å². The van der Waals surface area contributed by atoms with E-state index >= 15 is 0 Å². The average molecular weight is 351 g/mol. The first kappa shape index (κ1) is 17.0. The van der Waals surface area contributed by atoms with Gasteiger partial charge in [-0.1, -0.05) is 102 Å². The van der Waals surface area contributed by atoms with Crippen LogP contribution in [-0.2, 0) is 6.54 Å². The van der Waals surface area contributed by atoms with Crippen molar-refractivity contribution in [1.29, 1.82) is 0 Å². The van der Waals surface area contributed by atoms with E-state index in [1.165, 1.54) is 11.1 Å². The van der Waals surface area contributed by atoms with E-state index in [9.17, 15) is 0 Å². The van der Waals surface area contributed by atoms with Crippen molar-refractivity contribution in [1.82, 2.24) is 15.0 Å². The monoisotopic (exact) mass is 351 g/mol. The molecule has 0 amide bonds. The van der Waals surface area contributed by atoms with E-state index in [1.807, 2.05) is 41.1 Å². The highest BCUT2D eigenvalue weighted by Crippen LogP contribution is 2.24. The molecule has 1 heterocycles. The van der Waals surface area contributed by atoms with Crippen LogP contribution >= 0.6 is 0 Å². The first-order valence-corrected chi connectivity index (χ1v) is 9.07. The highest BCUT2D eigenvalue weighted by atomic mass is 15.4. The third-order valence-electron chi connectivity index (χ3n) is 4.51. The normalized spacial score (nSPS) is 11.1. The molecular weight excluding hydrogens is 330 g/mol. The molecule has 0 atom stereocenters. The van der Waals surface area contributed by atoms with Crippen molar-refractivity contribution in [3.63, 3.8) is 0 Å². The van der Waals surface area contributed by atoms with Gasteiger partial charge in [-0.2, -0.15) is 0 Å². The van der Waals surface area contributed by atoms with Gasteiger partial charge in [0.1, 0.15) is 5.69 Å². The van der Waals surface area contributed by atoms with Crippen LogP contribution in [0, 0.1) is 6.92 Å². The first-order valence-electron chi connectivity index (χ1n) is 9.07. The minimum Gasteiger partial charge on any atom is -0.240 e. The maximum atomic E-state index is 4.49. The second-order valence-electron chi connectivity index (χ2n) is 6.58. The van der Waals surface area contributed by atoms with Gasteiger partial charge in [-0.3, -0.25) is 0 Å². The molecule has 3 aromatic carbocycles. The molecule has 0 saturated heterocycles. The van der Waals surface area contributed by atoms with Gasteiger partial charge in [0.2, 0.25) is 0 Å². The van der Waals surface area contributed by atoms with Crippen molar-refractivity contribution in [2.45, 2.75) is 13.5 Å². The lowest BCUT2D eigenvalue weighted by Gasteiger charge is -2.06. The Balaban J connectivity index is 1.75. The lowest BCUT2D eigenvalue weighted by atomic mass is 10.1. The van der Waals surface area contributed by atoms with Crippen molar-refractivity contribution in [2.24, 2.45) is 0 Å². The maximum Gasteiger partial charge on any atom is 0.120 e. The molecule has 0 fully saturated rings. The molecule has 1 aromatic heterocycles. The molecule has 0 spiro atoms. The van der Waals surface area contributed by atoms with E-state index < -0.39 is 0 Å². The third kappa shape index (κ3) is 4.04. The number of nitrogens with zero attached hydrogens (tertiary/aromatic N) is 3. The SMILES string of the molecule is Cc1ccc(-c2nnn(Cc3ccccc3)c2/C=C/c2ccccc2)cc1. The summed E-state index contributed by atoms with van der Waals surface area (Å²) in [6.07, 6.45) is 4.21. The van der Waals surface area contributed by atoms with E-state index in [4.69, 9.17) is 0 Å². The summed E-state index contributed by atoms with van der Waals surface area (Å²) >= 11 is 0. The quantitative estimate of drug-likeness (QED) is 0.477. The Morgan fingerprint density at radius 2 is 1.44 bits per heavy atom. The van der Waals surface area contributed by atoms with Crippen molar-refractivity contribution in [3.05, 3.63) is 107 Å². The molecule has 0 N–H and O–H groups in total. The van der Waals surface area contributed by atoms with Crippen LogP contribution in [0.15, 0.2) is 84.9 Å². The zero-order valence-electron chi connectivity index (χ0n) is 15.3. The molecule has 132 valence electrons. The minimum absolute atomic E-state index is 0.689. The highest BCUT2D eigenvalue weighted by molar-refractivity contribution is 5.77. The second kappa shape index (κ2) is 7.83. The Morgan fingerprint density at radius 3 is 2.15 bits per heavy atom. The topological polar surface area (TPSA) is 30.7 Å². The van der Waals surface area contributed by atoms with Gasteiger partial charge in [-0.25, -0.2) is 4.68 Å². The predicted octanol–water partition coefficient (Wildman–Crippen LogP) is 5.47. The summed E-state index contributed by atoms with van der Waals surface area (Å²) in [6, 6.07) is 29.1. The van der Waals surface area contributed by atoms with Crippen molar-refractivity contribution < 1.29 is 0 Å². The number of rotatable bonds is 5. The molecule has 3 heteroatoms. The predicted molar refractivity (Wildman–Crippen MR) is 111 cm³/mol. The molecule has 0 aliphatic heterocycles. The molecule has 4 rings (SSSR count). The summed E-state index contributed by atoms with van der Waals surface area (Å²) in [5.74, 6) is 0. The summed E-state index contributed by atoms with van der Waals surface area (Å²) in [5.41, 5.74) is 6.57. The van der Waals surface area contributed by atoms with E-state index in [0.717, 1.165) is 22.5 Å². The van der Waals surface area contributed by atoms with Crippen molar-refractivity contribution in [3.8, 4) is 11.3 Å². The van der Waals surface area contributed by atoms with Gasteiger partial charge in [0, 0.05) is 5.56 Å². The smallest absolute Gasteiger partial charge is 0.120 e. The zero-order chi connectivity index (χ0) is 18.5. The van der Waals surface area contributed by atoms with Gasteiger partial charge in [0.05, 0.1) is 12.2 Å². The second-order valence-corrected chi connectivity index (χ2v) is 6.58. The largest absolute Gasteiger partial charge is 0.240 e. The van der Waals surface area contributed by atoms with Crippen LogP contribution < -0.4 is 0 Å². The zero-order valence-corrected chi connectivity index (χ0v) is 15.3. The van der Waals surface area contributed by atoms with Gasteiger partial charge in [0.25, 0.3) is 0 Å². The molecule has 0 radical (unpaired) electrons. The molecule has 0 aliphatic carbocycles. The fraction of sp³-hybridized carbons (Fsp3) is 0.0833.